The van der Waals surface area contributed by atoms with Gasteiger partial charge in [0.2, 0.25) is 0 Å². The molecule has 35 heavy (non-hydrogen) atoms. The Morgan fingerprint density at radius 3 is 2.40 bits per heavy atom. The van der Waals surface area contributed by atoms with Crippen molar-refractivity contribution in [1.82, 2.24) is 10.2 Å². The van der Waals surface area contributed by atoms with Crippen LogP contribution in [0, 0.1) is 5.82 Å². The van der Waals surface area contributed by atoms with Crippen LogP contribution in [0.4, 0.5) is 4.39 Å². The summed E-state index contributed by atoms with van der Waals surface area (Å²) in [5.41, 5.74) is 4.45. The maximum atomic E-state index is 14.6. The van der Waals surface area contributed by atoms with Crippen LogP contribution >= 0.6 is 0 Å². The van der Waals surface area contributed by atoms with Gasteiger partial charge in [0.05, 0.1) is 0 Å². The van der Waals surface area contributed by atoms with Gasteiger partial charge in [-0.05, 0) is 64.7 Å². The number of piperidine rings is 1. The van der Waals surface area contributed by atoms with E-state index in [9.17, 15) is 19.2 Å². The summed E-state index contributed by atoms with van der Waals surface area (Å²) in [4.78, 5) is 15.1. The maximum absolute atomic E-state index is 14.6. The van der Waals surface area contributed by atoms with Crippen LogP contribution in [0.2, 0.25) is 0 Å². The lowest BCUT2D eigenvalue weighted by Crippen LogP contribution is -2.38. The van der Waals surface area contributed by atoms with Crippen molar-refractivity contribution in [2.24, 2.45) is 0 Å². The van der Waals surface area contributed by atoms with E-state index in [2.05, 4.69) is 19.2 Å². The van der Waals surface area contributed by atoms with Crippen LogP contribution in [0.3, 0.4) is 0 Å². The molecule has 3 aromatic carbocycles. The Bertz CT molecular complexity index is 1180. The molecule has 0 bridgehead atoms. The minimum absolute atomic E-state index is 0.0426. The van der Waals surface area contributed by atoms with Crippen molar-refractivity contribution in [1.29, 1.82) is 0 Å². The second kappa shape index (κ2) is 11.2. The number of likely N-dealkylation sites (tertiary alicyclic amines) is 1. The van der Waals surface area contributed by atoms with Crippen molar-refractivity contribution in [3.8, 4) is 11.1 Å². The second-order valence-corrected chi connectivity index (χ2v) is 9.54. The zero-order valence-corrected chi connectivity index (χ0v) is 20.2. The van der Waals surface area contributed by atoms with Crippen LogP contribution in [0.5, 0.6) is 0 Å². The molecule has 1 heterocycles. The first kappa shape index (κ1) is 25.1. The largest absolute Gasteiger partial charge is 0.488 e. The average molecular weight is 474 g/mol. The third kappa shape index (κ3) is 6.17. The molecule has 1 amide bonds. The fraction of sp³-hybridized carbons (Fsp3) is 0.321. The maximum Gasteiger partial charge on any atom is 0.488 e. The highest BCUT2D eigenvalue weighted by molar-refractivity contribution is 6.58. The molecule has 1 aliphatic rings. The molecule has 7 heteroatoms. The minimum Gasteiger partial charge on any atom is -0.423 e. The number of nitrogens with zero attached hydrogens (tertiary/aromatic N) is 1. The molecule has 1 fully saturated rings. The van der Waals surface area contributed by atoms with Gasteiger partial charge < -0.3 is 20.3 Å². The van der Waals surface area contributed by atoms with E-state index >= 15 is 0 Å². The Morgan fingerprint density at radius 2 is 1.71 bits per heavy atom. The summed E-state index contributed by atoms with van der Waals surface area (Å²) in [6, 6.07) is 20.1. The lowest BCUT2D eigenvalue weighted by Gasteiger charge is -2.32. The van der Waals surface area contributed by atoms with E-state index < -0.39 is 7.12 Å². The summed E-state index contributed by atoms with van der Waals surface area (Å²) in [6.07, 6.45) is 1.44. The Hall–Kier alpha value is -3.00. The van der Waals surface area contributed by atoms with E-state index in [0.29, 0.717) is 36.7 Å². The molecular weight excluding hydrogens is 442 g/mol. The third-order valence-corrected chi connectivity index (χ3v) is 6.62. The van der Waals surface area contributed by atoms with Gasteiger partial charge in [0, 0.05) is 31.2 Å². The number of amides is 1. The molecule has 3 N–H and O–H groups in total. The number of carbonyl (C=O) groups is 1. The lowest BCUT2D eigenvalue weighted by atomic mass is 9.79. The van der Waals surface area contributed by atoms with E-state index in [1.807, 2.05) is 41.3 Å². The number of hydrogen-bond acceptors (Lipinski definition) is 4. The lowest BCUT2D eigenvalue weighted by molar-refractivity contribution is 0.0712. The zero-order valence-electron chi connectivity index (χ0n) is 20.2. The third-order valence-electron chi connectivity index (χ3n) is 6.62. The molecule has 0 unspecified atom stereocenters. The molecule has 3 aromatic rings. The Balaban J connectivity index is 1.43. The fourth-order valence-electron chi connectivity index (χ4n) is 4.62. The SMILES string of the molecule is CC(C)NCc1ccc(F)c(C2CCN(C(=O)c3cccc(-c4cccc(B(O)O)c4)c3)CC2)c1. The van der Waals surface area contributed by atoms with Crippen LogP contribution in [-0.2, 0) is 6.54 Å². The summed E-state index contributed by atoms with van der Waals surface area (Å²) in [5, 5.41) is 22.3. The molecule has 0 aromatic heterocycles. The highest BCUT2D eigenvalue weighted by atomic mass is 19.1. The van der Waals surface area contributed by atoms with E-state index in [-0.39, 0.29) is 17.6 Å². The standard InChI is InChI=1S/C28H32BFN2O3/c1-19(2)31-18-20-9-10-27(30)26(15-20)21-11-13-32(14-12-21)28(33)24-7-3-5-22(16-24)23-6-4-8-25(17-23)29(34)35/h3-10,15-17,19,21,31,34-35H,11-14,18H2,1-2H3. The van der Waals surface area contributed by atoms with Crippen molar-refractivity contribution >= 4 is 18.5 Å². The Morgan fingerprint density at radius 1 is 1.03 bits per heavy atom. The quantitative estimate of drug-likeness (QED) is 0.457. The molecule has 4 rings (SSSR count). The first-order valence-corrected chi connectivity index (χ1v) is 12.2. The molecule has 0 aliphatic carbocycles. The molecule has 0 radical (unpaired) electrons. The summed E-state index contributed by atoms with van der Waals surface area (Å²) in [5.74, 6) is -0.123. The summed E-state index contributed by atoms with van der Waals surface area (Å²) >= 11 is 0. The molecule has 182 valence electrons. The Labute approximate surface area is 206 Å². The smallest absolute Gasteiger partial charge is 0.423 e. The predicted octanol–water partition coefficient (Wildman–Crippen LogP) is 3.69. The summed E-state index contributed by atoms with van der Waals surface area (Å²) in [6.45, 7) is 6.04. The first-order valence-electron chi connectivity index (χ1n) is 12.2. The van der Waals surface area contributed by atoms with Gasteiger partial charge in [-0.25, -0.2) is 4.39 Å². The van der Waals surface area contributed by atoms with Gasteiger partial charge in [-0.2, -0.15) is 0 Å². The molecule has 0 spiro atoms. The van der Waals surface area contributed by atoms with Crippen LogP contribution in [0.1, 0.15) is 54.1 Å². The normalized spacial score (nSPS) is 14.4. The van der Waals surface area contributed by atoms with E-state index in [4.69, 9.17) is 0 Å². The highest BCUT2D eigenvalue weighted by Gasteiger charge is 2.26. The molecule has 0 saturated carbocycles. The van der Waals surface area contributed by atoms with Crippen molar-refractivity contribution in [2.45, 2.75) is 45.2 Å². The first-order chi connectivity index (χ1) is 16.8. The van der Waals surface area contributed by atoms with Gasteiger partial charge >= 0.3 is 7.12 Å². The van der Waals surface area contributed by atoms with Crippen molar-refractivity contribution in [3.63, 3.8) is 0 Å². The molecule has 1 aliphatic heterocycles. The minimum atomic E-state index is -1.54. The molecular formula is C28H32BFN2O3. The number of nitrogens with one attached hydrogen (secondary N) is 1. The Kier molecular flexibility index (Phi) is 8.01. The van der Waals surface area contributed by atoms with Crippen LogP contribution in [-0.4, -0.2) is 47.1 Å². The summed E-state index contributed by atoms with van der Waals surface area (Å²) in [7, 11) is -1.54. The van der Waals surface area contributed by atoms with Gasteiger partial charge in [-0.1, -0.05) is 62.4 Å². The predicted molar refractivity (Wildman–Crippen MR) is 138 cm³/mol. The second-order valence-electron chi connectivity index (χ2n) is 9.54. The average Bonchev–Trinajstić information content (AvgIpc) is 2.88. The van der Waals surface area contributed by atoms with Gasteiger partial charge in [0.15, 0.2) is 0 Å². The van der Waals surface area contributed by atoms with E-state index in [1.165, 1.54) is 0 Å². The van der Waals surface area contributed by atoms with Crippen molar-refractivity contribution in [3.05, 3.63) is 89.2 Å². The highest BCUT2D eigenvalue weighted by Crippen LogP contribution is 2.31. The van der Waals surface area contributed by atoms with Crippen LogP contribution in [0.15, 0.2) is 66.7 Å². The van der Waals surface area contributed by atoms with Gasteiger partial charge in [0.25, 0.3) is 5.91 Å². The van der Waals surface area contributed by atoms with E-state index in [0.717, 1.165) is 35.1 Å². The zero-order chi connectivity index (χ0) is 24.9. The molecule has 5 nitrogen and oxygen atoms in total. The number of carbonyl (C=O) groups excluding carboxylic acids is 1. The van der Waals surface area contributed by atoms with Crippen LogP contribution < -0.4 is 10.8 Å². The topological polar surface area (TPSA) is 72.8 Å². The monoisotopic (exact) mass is 474 g/mol. The molecule has 1 saturated heterocycles. The molecule has 0 atom stereocenters. The van der Waals surface area contributed by atoms with Crippen molar-refractivity contribution in [2.75, 3.05) is 13.1 Å². The van der Waals surface area contributed by atoms with Crippen LogP contribution in [0.25, 0.3) is 11.1 Å². The number of rotatable bonds is 7. The number of hydrogen-bond donors (Lipinski definition) is 3. The van der Waals surface area contributed by atoms with Gasteiger partial charge in [-0.3, -0.25) is 4.79 Å². The summed E-state index contributed by atoms with van der Waals surface area (Å²) < 4.78 is 14.6. The van der Waals surface area contributed by atoms with E-state index in [1.54, 1.807) is 30.3 Å². The number of benzene rings is 3. The fourth-order valence-corrected chi connectivity index (χ4v) is 4.62. The number of halogens is 1. The van der Waals surface area contributed by atoms with Crippen molar-refractivity contribution < 1.29 is 19.2 Å². The van der Waals surface area contributed by atoms with Gasteiger partial charge in [-0.15, -0.1) is 0 Å². The van der Waals surface area contributed by atoms with Gasteiger partial charge in [0.1, 0.15) is 5.82 Å².